The molecule has 1 aliphatic heterocycles. The summed E-state index contributed by atoms with van der Waals surface area (Å²) < 4.78 is 50.2. The summed E-state index contributed by atoms with van der Waals surface area (Å²) in [6, 6.07) is 9.28. The third-order valence-electron chi connectivity index (χ3n) is 4.41. The smallest absolute Gasteiger partial charge is 0.416 e. The van der Waals surface area contributed by atoms with Crippen molar-refractivity contribution < 1.29 is 27.4 Å². The Bertz CT molecular complexity index is 855. The molecule has 2 aromatic carbocycles. The average Bonchev–Trinajstić information content (AvgIpc) is 2.70. The number of hydrogen-bond acceptors (Lipinski definition) is 4. The maximum Gasteiger partial charge on any atom is 0.416 e. The summed E-state index contributed by atoms with van der Waals surface area (Å²) in [5, 5.41) is 2.60. The van der Waals surface area contributed by atoms with Crippen LogP contribution in [0.3, 0.4) is 0 Å². The summed E-state index contributed by atoms with van der Waals surface area (Å²) in [5.41, 5.74) is -0.489. The number of hydrogen-bond donors (Lipinski definition) is 1. The van der Waals surface area contributed by atoms with Crippen molar-refractivity contribution >= 4 is 27.5 Å². The zero-order valence-electron chi connectivity index (χ0n) is 15.5. The molecule has 1 saturated heterocycles. The molecular formula is C20H20BrF3N2O3. The highest BCUT2D eigenvalue weighted by atomic mass is 79.9. The summed E-state index contributed by atoms with van der Waals surface area (Å²) in [5.74, 6) is -0.000636. The van der Waals surface area contributed by atoms with E-state index in [0.717, 1.165) is 45.0 Å². The first-order valence-corrected chi connectivity index (χ1v) is 9.83. The van der Waals surface area contributed by atoms with Gasteiger partial charge in [-0.25, -0.2) is 0 Å². The maximum absolute atomic E-state index is 12.8. The number of halogens is 4. The standard InChI is InChI=1S/C20H20BrF3N2O3/c21-17-13-16(4-5-18(17)29-11-8-26-6-9-28-10-7-26)25-19(27)14-2-1-3-15(12-14)20(22,23)24/h1-5,12-13H,6-11H2,(H,25,27). The molecule has 2 aromatic rings. The highest BCUT2D eigenvalue weighted by Gasteiger charge is 2.30. The topological polar surface area (TPSA) is 50.8 Å². The number of nitrogens with one attached hydrogen (secondary N) is 1. The van der Waals surface area contributed by atoms with Crippen LogP contribution >= 0.6 is 15.9 Å². The molecule has 0 saturated carbocycles. The van der Waals surface area contributed by atoms with Crippen molar-refractivity contribution in [3.05, 3.63) is 58.1 Å². The van der Waals surface area contributed by atoms with Gasteiger partial charge in [-0.05, 0) is 52.3 Å². The van der Waals surface area contributed by atoms with Gasteiger partial charge in [0.15, 0.2) is 0 Å². The van der Waals surface area contributed by atoms with Gasteiger partial charge in [0.1, 0.15) is 12.4 Å². The Morgan fingerprint density at radius 1 is 1.17 bits per heavy atom. The van der Waals surface area contributed by atoms with Gasteiger partial charge in [-0.3, -0.25) is 9.69 Å². The summed E-state index contributed by atoms with van der Waals surface area (Å²) in [6.07, 6.45) is -4.50. The number of morpholine rings is 1. The van der Waals surface area contributed by atoms with E-state index in [-0.39, 0.29) is 5.56 Å². The van der Waals surface area contributed by atoms with Gasteiger partial charge in [0.05, 0.1) is 23.2 Å². The minimum atomic E-state index is -4.50. The second kappa shape index (κ2) is 9.60. The van der Waals surface area contributed by atoms with Crippen LogP contribution in [0.15, 0.2) is 46.9 Å². The Morgan fingerprint density at radius 2 is 1.93 bits per heavy atom. The van der Waals surface area contributed by atoms with Crippen LogP contribution < -0.4 is 10.1 Å². The summed E-state index contributed by atoms with van der Waals surface area (Å²) >= 11 is 3.40. The number of rotatable bonds is 6. The van der Waals surface area contributed by atoms with Crippen LogP contribution in [-0.4, -0.2) is 50.3 Å². The van der Waals surface area contributed by atoms with Crippen molar-refractivity contribution in [3.8, 4) is 5.75 Å². The minimum absolute atomic E-state index is 0.0678. The van der Waals surface area contributed by atoms with Gasteiger partial charge in [-0.2, -0.15) is 13.2 Å². The number of anilines is 1. The molecule has 1 fully saturated rings. The molecule has 0 radical (unpaired) electrons. The van der Waals surface area contributed by atoms with E-state index in [1.54, 1.807) is 18.2 Å². The Balaban J connectivity index is 1.57. The van der Waals surface area contributed by atoms with Crippen LogP contribution in [0.5, 0.6) is 5.75 Å². The molecule has 3 rings (SSSR count). The third-order valence-corrected chi connectivity index (χ3v) is 5.03. The number of amides is 1. The van der Waals surface area contributed by atoms with Crippen LogP contribution in [0.25, 0.3) is 0 Å². The maximum atomic E-state index is 12.8. The molecule has 1 heterocycles. The second-order valence-corrected chi connectivity index (χ2v) is 7.33. The van der Waals surface area contributed by atoms with E-state index in [1.807, 2.05) is 0 Å². The first-order chi connectivity index (χ1) is 13.8. The van der Waals surface area contributed by atoms with E-state index in [4.69, 9.17) is 9.47 Å². The number of ether oxygens (including phenoxy) is 2. The lowest BCUT2D eigenvalue weighted by Crippen LogP contribution is -2.38. The van der Waals surface area contributed by atoms with Crippen LogP contribution in [0.1, 0.15) is 15.9 Å². The van der Waals surface area contributed by atoms with Crippen molar-refractivity contribution in [3.63, 3.8) is 0 Å². The van der Waals surface area contributed by atoms with E-state index in [9.17, 15) is 18.0 Å². The highest BCUT2D eigenvalue weighted by Crippen LogP contribution is 2.30. The molecule has 0 spiro atoms. The van der Waals surface area contributed by atoms with E-state index in [1.165, 1.54) is 12.1 Å². The predicted octanol–water partition coefficient (Wildman–Crippen LogP) is 4.43. The van der Waals surface area contributed by atoms with E-state index >= 15 is 0 Å². The van der Waals surface area contributed by atoms with Gasteiger partial charge < -0.3 is 14.8 Å². The highest BCUT2D eigenvalue weighted by molar-refractivity contribution is 9.10. The van der Waals surface area contributed by atoms with Crippen molar-refractivity contribution in [2.45, 2.75) is 6.18 Å². The molecule has 29 heavy (non-hydrogen) atoms. The Hall–Kier alpha value is -2.10. The van der Waals surface area contributed by atoms with Gasteiger partial charge in [0.25, 0.3) is 5.91 Å². The zero-order chi connectivity index (χ0) is 20.9. The number of nitrogens with zero attached hydrogens (tertiary/aromatic N) is 1. The van der Waals surface area contributed by atoms with Gasteiger partial charge in [-0.15, -0.1) is 0 Å². The summed E-state index contributed by atoms with van der Waals surface area (Å²) in [6.45, 7) is 4.50. The molecule has 0 aliphatic carbocycles. The fraction of sp³-hybridized carbons (Fsp3) is 0.350. The normalized spacial score (nSPS) is 15.2. The van der Waals surface area contributed by atoms with Crippen molar-refractivity contribution in [1.29, 1.82) is 0 Å². The second-order valence-electron chi connectivity index (χ2n) is 6.48. The molecule has 0 atom stereocenters. The number of benzene rings is 2. The lowest BCUT2D eigenvalue weighted by atomic mass is 10.1. The lowest BCUT2D eigenvalue weighted by molar-refractivity contribution is -0.137. The summed E-state index contributed by atoms with van der Waals surface area (Å²) in [4.78, 5) is 14.5. The van der Waals surface area contributed by atoms with Gasteiger partial charge in [0.2, 0.25) is 0 Å². The van der Waals surface area contributed by atoms with Crippen molar-refractivity contribution in [1.82, 2.24) is 4.90 Å². The quantitative estimate of drug-likeness (QED) is 0.675. The van der Waals surface area contributed by atoms with Crippen LogP contribution in [0, 0.1) is 0 Å². The van der Waals surface area contributed by atoms with Crippen molar-refractivity contribution in [2.24, 2.45) is 0 Å². The largest absolute Gasteiger partial charge is 0.491 e. The predicted molar refractivity (Wildman–Crippen MR) is 106 cm³/mol. The molecule has 0 unspecified atom stereocenters. The van der Waals surface area contributed by atoms with Gasteiger partial charge >= 0.3 is 6.18 Å². The van der Waals surface area contributed by atoms with Gasteiger partial charge in [-0.1, -0.05) is 6.07 Å². The molecule has 5 nitrogen and oxygen atoms in total. The number of carbonyl (C=O) groups excluding carboxylic acids is 1. The van der Waals surface area contributed by atoms with E-state index < -0.39 is 17.6 Å². The van der Waals surface area contributed by atoms with E-state index in [0.29, 0.717) is 22.5 Å². The lowest BCUT2D eigenvalue weighted by Gasteiger charge is -2.26. The fourth-order valence-electron chi connectivity index (χ4n) is 2.85. The molecular weight excluding hydrogens is 453 g/mol. The molecule has 156 valence electrons. The van der Waals surface area contributed by atoms with Crippen LogP contribution in [0.4, 0.5) is 18.9 Å². The molecule has 9 heteroatoms. The Kier molecular flexibility index (Phi) is 7.15. The number of carbonyl (C=O) groups is 1. The average molecular weight is 473 g/mol. The van der Waals surface area contributed by atoms with E-state index in [2.05, 4.69) is 26.1 Å². The Morgan fingerprint density at radius 3 is 2.62 bits per heavy atom. The zero-order valence-corrected chi connectivity index (χ0v) is 17.1. The van der Waals surface area contributed by atoms with Gasteiger partial charge in [0, 0.05) is 30.9 Å². The summed E-state index contributed by atoms with van der Waals surface area (Å²) in [7, 11) is 0. The van der Waals surface area contributed by atoms with Crippen LogP contribution in [-0.2, 0) is 10.9 Å². The van der Waals surface area contributed by atoms with Crippen LogP contribution in [0.2, 0.25) is 0 Å². The first-order valence-electron chi connectivity index (χ1n) is 9.04. The monoisotopic (exact) mass is 472 g/mol. The molecule has 0 aromatic heterocycles. The minimum Gasteiger partial charge on any atom is -0.491 e. The molecule has 0 bridgehead atoms. The number of alkyl halides is 3. The fourth-order valence-corrected chi connectivity index (χ4v) is 3.34. The SMILES string of the molecule is O=C(Nc1ccc(OCCN2CCOCC2)c(Br)c1)c1cccc(C(F)(F)F)c1. The molecule has 1 aliphatic rings. The van der Waals surface area contributed by atoms with Crippen molar-refractivity contribution in [2.75, 3.05) is 44.8 Å². The molecule has 1 amide bonds. The Labute approximate surface area is 174 Å². The molecule has 1 N–H and O–H groups in total. The third kappa shape index (κ3) is 6.19. The first kappa shape index (κ1) is 21.6.